The summed E-state index contributed by atoms with van der Waals surface area (Å²) >= 11 is 0. The SMILES string of the molecule is CC(C)CC1NC1C1OC(O)C2C(CC(C)C)N12. The smallest absolute Gasteiger partial charge is 0.173 e. The molecule has 0 radical (unpaired) electrons. The van der Waals surface area contributed by atoms with E-state index in [4.69, 9.17) is 4.74 Å². The molecule has 7 atom stereocenters. The summed E-state index contributed by atoms with van der Waals surface area (Å²) in [6.45, 7) is 9.00. The van der Waals surface area contributed by atoms with E-state index in [1.807, 2.05) is 0 Å². The molecule has 4 nitrogen and oxygen atoms in total. The normalized spacial score (nSPS) is 49.8. The first-order valence-corrected chi connectivity index (χ1v) is 7.36. The maximum absolute atomic E-state index is 9.95. The molecule has 3 saturated heterocycles. The van der Waals surface area contributed by atoms with E-state index in [1.165, 1.54) is 12.8 Å². The fraction of sp³-hybridized carbons (Fsp3) is 1.00. The van der Waals surface area contributed by atoms with Crippen molar-refractivity contribution < 1.29 is 9.84 Å². The minimum atomic E-state index is -0.569. The Hall–Kier alpha value is -0.160. The molecule has 0 aromatic rings. The van der Waals surface area contributed by atoms with Crippen LogP contribution in [0.5, 0.6) is 0 Å². The number of hydrogen-bond acceptors (Lipinski definition) is 4. The summed E-state index contributed by atoms with van der Waals surface area (Å²) < 4.78 is 5.69. The van der Waals surface area contributed by atoms with Gasteiger partial charge >= 0.3 is 0 Å². The highest BCUT2D eigenvalue weighted by Gasteiger charge is 2.66. The van der Waals surface area contributed by atoms with Gasteiger partial charge in [0, 0.05) is 12.1 Å². The molecule has 0 aromatic carbocycles. The minimum Gasteiger partial charge on any atom is -0.366 e. The van der Waals surface area contributed by atoms with Gasteiger partial charge in [-0.05, 0) is 24.7 Å². The lowest BCUT2D eigenvalue weighted by Crippen LogP contribution is -2.32. The number of hydrogen-bond donors (Lipinski definition) is 2. The van der Waals surface area contributed by atoms with E-state index in [9.17, 15) is 5.11 Å². The molecule has 0 spiro atoms. The molecule has 3 aliphatic heterocycles. The molecule has 7 unspecified atom stereocenters. The van der Waals surface area contributed by atoms with Crippen molar-refractivity contribution in [2.24, 2.45) is 11.8 Å². The highest BCUT2D eigenvalue weighted by atomic mass is 16.6. The Morgan fingerprint density at radius 3 is 2.44 bits per heavy atom. The van der Waals surface area contributed by atoms with Crippen LogP contribution in [0.2, 0.25) is 0 Å². The van der Waals surface area contributed by atoms with E-state index in [-0.39, 0.29) is 12.3 Å². The maximum Gasteiger partial charge on any atom is 0.173 e. The monoisotopic (exact) mass is 254 g/mol. The lowest BCUT2D eigenvalue weighted by molar-refractivity contribution is -0.118. The predicted molar refractivity (Wildman–Crippen MR) is 69.9 cm³/mol. The lowest BCUT2D eigenvalue weighted by atomic mass is 10.0. The van der Waals surface area contributed by atoms with Crippen LogP contribution >= 0.6 is 0 Å². The highest BCUT2D eigenvalue weighted by molar-refractivity contribution is 5.16. The fourth-order valence-corrected chi connectivity index (χ4v) is 3.52. The summed E-state index contributed by atoms with van der Waals surface area (Å²) in [4.78, 5) is 2.38. The molecule has 2 N–H and O–H groups in total. The van der Waals surface area contributed by atoms with Crippen molar-refractivity contribution in [1.82, 2.24) is 10.2 Å². The quantitative estimate of drug-likeness (QED) is 0.723. The molecule has 0 saturated carbocycles. The third-order valence-electron chi connectivity index (χ3n) is 4.37. The van der Waals surface area contributed by atoms with E-state index in [0.717, 1.165) is 5.92 Å². The molecule has 3 rings (SSSR count). The van der Waals surface area contributed by atoms with Crippen molar-refractivity contribution in [3.63, 3.8) is 0 Å². The van der Waals surface area contributed by atoms with Gasteiger partial charge in [0.15, 0.2) is 6.29 Å². The lowest BCUT2D eigenvalue weighted by Gasteiger charge is -2.18. The second-order valence-corrected chi connectivity index (χ2v) is 6.98. The van der Waals surface area contributed by atoms with Crippen molar-refractivity contribution in [2.45, 2.75) is 77.2 Å². The van der Waals surface area contributed by atoms with Gasteiger partial charge in [0.1, 0.15) is 6.23 Å². The number of fused-ring (bicyclic) bond motifs is 1. The number of nitrogens with zero attached hydrogens (tertiary/aromatic N) is 1. The molecule has 0 aliphatic carbocycles. The van der Waals surface area contributed by atoms with Gasteiger partial charge in [-0.3, -0.25) is 4.90 Å². The van der Waals surface area contributed by atoms with Gasteiger partial charge in [0.05, 0.1) is 12.1 Å². The topological polar surface area (TPSA) is 54.4 Å². The Balaban J connectivity index is 1.56. The van der Waals surface area contributed by atoms with Crippen LogP contribution < -0.4 is 5.32 Å². The maximum atomic E-state index is 9.95. The van der Waals surface area contributed by atoms with Gasteiger partial charge in [-0.15, -0.1) is 0 Å². The van der Waals surface area contributed by atoms with Crippen molar-refractivity contribution in [3.8, 4) is 0 Å². The van der Waals surface area contributed by atoms with Crippen molar-refractivity contribution in [1.29, 1.82) is 0 Å². The first-order chi connectivity index (χ1) is 8.49. The molecule has 4 heteroatoms. The molecule has 0 amide bonds. The molecule has 0 bridgehead atoms. The number of ether oxygens (including phenoxy) is 1. The Kier molecular flexibility index (Phi) is 3.17. The van der Waals surface area contributed by atoms with Gasteiger partial charge < -0.3 is 15.2 Å². The average Bonchev–Trinajstić information content (AvgIpc) is 3.08. The molecule has 3 heterocycles. The van der Waals surface area contributed by atoms with Crippen molar-refractivity contribution >= 4 is 0 Å². The van der Waals surface area contributed by atoms with Gasteiger partial charge in [-0.2, -0.15) is 0 Å². The Morgan fingerprint density at radius 2 is 1.83 bits per heavy atom. The van der Waals surface area contributed by atoms with Gasteiger partial charge in [0.25, 0.3) is 0 Å². The van der Waals surface area contributed by atoms with Gasteiger partial charge in [-0.1, -0.05) is 27.7 Å². The largest absolute Gasteiger partial charge is 0.366 e. The number of aliphatic hydroxyl groups is 1. The van der Waals surface area contributed by atoms with Crippen LogP contribution in [0.4, 0.5) is 0 Å². The first kappa shape index (κ1) is 12.9. The van der Waals surface area contributed by atoms with Gasteiger partial charge in [-0.25, -0.2) is 0 Å². The molecule has 3 aliphatic rings. The molecular weight excluding hydrogens is 228 g/mol. The zero-order chi connectivity index (χ0) is 13.0. The van der Waals surface area contributed by atoms with Crippen LogP contribution in [0.15, 0.2) is 0 Å². The summed E-state index contributed by atoms with van der Waals surface area (Å²) in [5.41, 5.74) is 0. The molecule has 0 aromatic heterocycles. The van der Waals surface area contributed by atoms with Crippen LogP contribution in [0.3, 0.4) is 0 Å². The number of aliphatic hydroxyl groups excluding tert-OH is 1. The van der Waals surface area contributed by atoms with Crippen LogP contribution in [0.1, 0.15) is 40.5 Å². The Morgan fingerprint density at radius 1 is 1.17 bits per heavy atom. The first-order valence-electron chi connectivity index (χ1n) is 7.36. The Bertz CT molecular complexity index is 321. The second kappa shape index (κ2) is 4.44. The summed E-state index contributed by atoms with van der Waals surface area (Å²) in [5.74, 6) is 1.40. The fourth-order valence-electron chi connectivity index (χ4n) is 3.52. The molecule has 3 fully saturated rings. The molecular formula is C14H26N2O2. The molecule has 104 valence electrons. The standard InChI is InChI=1S/C14H26N2O2/c1-7(2)5-9-11(15-9)13-16-10(6-8(3)4)12(16)14(17)18-13/h7-15,17H,5-6H2,1-4H3. The van der Waals surface area contributed by atoms with Crippen molar-refractivity contribution in [3.05, 3.63) is 0 Å². The second-order valence-electron chi connectivity index (χ2n) is 6.98. The van der Waals surface area contributed by atoms with Crippen LogP contribution in [-0.4, -0.2) is 46.7 Å². The van der Waals surface area contributed by atoms with Crippen molar-refractivity contribution in [2.75, 3.05) is 0 Å². The predicted octanol–water partition coefficient (Wildman–Crippen LogP) is 1.15. The van der Waals surface area contributed by atoms with E-state index in [1.54, 1.807) is 0 Å². The summed E-state index contributed by atoms with van der Waals surface area (Å²) in [6.07, 6.45) is 1.91. The third-order valence-corrected chi connectivity index (χ3v) is 4.37. The molecule has 18 heavy (non-hydrogen) atoms. The zero-order valence-electron chi connectivity index (χ0n) is 11.8. The summed E-state index contributed by atoms with van der Waals surface area (Å²) in [7, 11) is 0. The van der Waals surface area contributed by atoms with E-state index >= 15 is 0 Å². The summed E-state index contributed by atoms with van der Waals surface area (Å²) in [6, 6.07) is 1.82. The highest BCUT2D eigenvalue weighted by Crippen LogP contribution is 2.47. The van der Waals surface area contributed by atoms with Crippen LogP contribution in [0.25, 0.3) is 0 Å². The third kappa shape index (κ3) is 2.20. The van der Waals surface area contributed by atoms with Gasteiger partial charge in [0.2, 0.25) is 0 Å². The summed E-state index contributed by atoms with van der Waals surface area (Å²) in [5, 5.41) is 13.5. The van der Waals surface area contributed by atoms with E-state index in [0.29, 0.717) is 24.0 Å². The number of nitrogens with one attached hydrogen (secondary N) is 1. The van der Waals surface area contributed by atoms with E-state index in [2.05, 4.69) is 37.9 Å². The number of rotatable bonds is 5. The minimum absolute atomic E-state index is 0.109. The van der Waals surface area contributed by atoms with Crippen LogP contribution in [0, 0.1) is 11.8 Å². The average molecular weight is 254 g/mol. The van der Waals surface area contributed by atoms with E-state index < -0.39 is 6.29 Å². The van der Waals surface area contributed by atoms with Crippen LogP contribution in [-0.2, 0) is 4.74 Å². The zero-order valence-corrected chi connectivity index (χ0v) is 11.8. The Labute approximate surface area is 110 Å².